The van der Waals surface area contributed by atoms with Crippen LogP contribution >= 0.6 is 0 Å². The van der Waals surface area contributed by atoms with Crippen molar-refractivity contribution in [2.45, 2.75) is 31.6 Å². The van der Waals surface area contributed by atoms with Gasteiger partial charge < -0.3 is 10.1 Å². The summed E-state index contributed by atoms with van der Waals surface area (Å²) < 4.78 is 28.5. The van der Waals surface area contributed by atoms with Crippen molar-refractivity contribution in [2.24, 2.45) is 0 Å². The molecule has 0 aliphatic heterocycles. The van der Waals surface area contributed by atoms with Gasteiger partial charge >= 0.3 is 5.97 Å². The van der Waals surface area contributed by atoms with Gasteiger partial charge in [-0.25, -0.2) is 8.42 Å². The number of nitrogens with one attached hydrogen (secondary N) is 1. The SMILES string of the molecule is CCCS(=O)(=O)c1ccc(NCCC(=O)OCC)cc1. The number of hydrogen-bond donors (Lipinski definition) is 1. The quantitative estimate of drug-likeness (QED) is 0.745. The van der Waals surface area contributed by atoms with Gasteiger partial charge in [-0.2, -0.15) is 0 Å². The molecule has 0 saturated heterocycles. The topological polar surface area (TPSA) is 72.5 Å². The lowest BCUT2D eigenvalue weighted by Gasteiger charge is -2.07. The Kier molecular flexibility index (Phi) is 6.51. The molecule has 5 nitrogen and oxygen atoms in total. The summed E-state index contributed by atoms with van der Waals surface area (Å²) in [6.45, 7) is 4.44. The van der Waals surface area contributed by atoms with Crippen molar-refractivity contribution in [2.75, 3.05) is 24.2 Å². The molecular formula is C14H21NO4S. The fourth-order valence-electron chi connectivity index (χ4n) is 1.71. The lowest BCUT2D eigenvalue weighted by molar-refractivity contribution is -0.142. The smallest absolute Gasteiger partial charge is 0.307 e. The molecule has 0 amide bonds. The third-order valence-corrected chi connectivity index (χ3v) is 4.59. The molecule has 0 aliphatic rings. The van der Waals surface area contributed by atoms with Crippen LogP contribution in [0.4, 0.5) is 5.69 Å². The molecule has 0 heterocycles. The average Bonchev–Trinajstić information content (AvgIpc) is 2.39. The average molecular weight is 299 g/mol. The zero-order chi connectivity index (χ0) is 15.0. The van der Waals surface area contributed by atoms with Crippen molar-refractivity contribution < 1.29 is 17.9 Å². The molecule has 0 spiro atoms. The molecule has 0 unspecified atom stereocenters. The first-order valence-electron chi connectivity index (χ1n) is 6.72. The second kappa shape index (κ2) is 7.89. The maximum Gasteiger partial charge on any atom is 0.307 e. The van der Waals surface area contributed by atoms with E-state index in [4.69, 9.17) is 4.74 Å². The fourth-order valence-corrected chi connectivity index (χ4v) is 3.03. The molecule has 20 heavy (non-hydrogen) atoms. The molecule has 0 fully saturated rings. The Balaban J connectivity index is 2.53. The Labute approximate surface area is 120 Å². The lowest BCUT2D eigenvalue weighted by Crippen LogP contribution is -2.11. The van der Waals surface area contributed by atoms with E-state index >= 15 is 0 Å². The third-order valence-electron chi connectivity index (χ3n) is 2.65. The Morgan fingerprint density at radius 2 is 1.85 bits per heavy atom. The summed E-state index contributed by atoms with van der Waals surface area (Å²) in [7, 11) is -3.17. The van der Waals surface area contributed by atoms with E-state index in [0.29, 0.717) is 24.5 Å². The molecule has 112 valence electrons. The summed E-state index contributed by atoms with van der Waals surface area (Å²) in [4.78, 5) is 11.5. The van der Waals surface area contributed by atoms with Crippen molar-refractivity contribution in [1.82, 2.24) is 0 Å². The lowest BCUT2D eigenvalue weighted by atomic mass is 10.3. The summed E-state index contributed by atoms with van der Waals surface area (Å²) in [6.07, 6.45) is 0.881. The van der Waals surface area contributed by atoms with Gasteiger partial charge in [0.15, 0.2) is 9.84 Å². The van der Waals surface area contributed by atoms with Crippen LogP contribution in [-0.4, -0.2) is 33.3 Å². The van der Waals surface area contributed by atoms with E-state index in [1.165, 1.54) is 0 Å². The van der Waals surface area contributed by atoms with Crippen LogP contribution in [0.3, 0.4) is 0 Å². The number of hydrogen-bond acceptors (Lipinski definition) is 5. The van der Waals surface area contributed by atoms with Crippen LogP contribution in [0, 0.1) is 0 Å². The van der Waals surface area contributed by atoms with E-state index in [2.05, 4.69) is 5.32 Å². The summed E-state index contributed by atoms with van der Waals surface area (Å²) in [5.74, 6) is -0.0926. The van der Waals surface area contributed by atoms with Gasteiger partial charge in [0.25, 0.3) is 0 Å². The second-order valence-electron chi connectivity index (χ2n) is 4.33. The van der Waals surface area contributed by atoms with Crippen LogP contribution < -0.4 is 5.32 Å². The highest BCUT2D eigenvalue weighted by atomic mass is 32.2. The summed E-state index contributed by atoms with van der Waals surface area (Å²) >= 11 is 0. The number of esters is 1. The number of carbonyl (C=O) groups excluding carboxylic acids is 1. The van der Waals surface area contributed by atoms with Gasteiger partial charge in [-0.3, -0.25) is 4.79 Å². The van der Waals surface area contributed by atoms with E-state index in [1.807, 2.05) is 6.92 Å². The van der Waals surface area contributed by atoms with Crippen LogP contribution in [0.25, 0.3) is 0 Å². The van der Waals surface area contributed by atoms with Crippen LogP contribution in [0.2, 0.25) is 0 Å². The number of sulfone groups is 1. The van der Waals surface area contributed by atoms with Gasteiger partial charge in [-0.15, -0.1) is 0 Å². The second-order valence-corrected chi connectivity index (χ2v) is 6.43. The predicted octanol–water partition coefficient (Wildman–Crippen LogP) is 2.24. The van der Waals surface area contributed by atoms with Gasteiger partial charge in [-0.1, -0.05) is 6.92 Å². The number of carbonyl (C=O) groups is 1. The highest BCUT2D eigenvalue weighted by molar-refractivity contribution is 7.91. The van der Waals surface area contributed by atoms with Gasteiger partial charge in [0, 0.05) is 12.2 Å². The first kappa shape index (κ1) is 16.5. The third kappa shape index (κ3) is 5.21. The van der Waals surface area contributed by atoms with E-state index in [-0.39, 0.29) is 18.1 Å². The molecule has 1 rings (SSSR count). The van der Waals surface area contributed by atoms with Gasteiger partial charge in [0.2, 0.25) is 0 Å². The monoisotopic (exact) mass is 299 g/mol. The molecular weight excluding hydrogens is 278 g/mol. The number of benzene rings is 1. The first-order chi connectivity index (χ1) is 9.49. The van der Waals surface area contributed by atoms with E-state index < -0.39 is 9.84 Å². The normalized spacial score (nSPS) is 11.1. The molecule has 0 aromatic heterocycles. The summed E-state index contributed by atoms with van der Waals surface area (Å²) in [6, 6.07) is 6.57. The first-order valence-corrected chi connectivity index (χ1v) is 8.37. The minimum atomic E-state index is -3.17. The van der Waals surface area contributed by atoms with Crippen LogP contribution in [0.5, 0.6) is 0 Å². The highest BCUT2D eigenvalue weighted by Gasteiger charge is 2.12. The fraction of sp³-hybridized carbons (Fsp3) is 0.500. The molecule has 1 aromatic rings. The van der Waals surface area contributed by atoms with Crippen molar-refractivity contribution in [1.29, 1.82) is 0 Å². The Morgan fingerprint density at radius 1 is 1.20 bits per heavy atom. The van der Waals surface area contributed by atoms with E-state index in [1.54, 1.807) is 31.2 Å². The minimum Gasteiger partial charge on any atom is -0.466 e. The highest BCUT2D eigenvalue weighted by Crippen LogP contribution is 2.16. The molecule has 6 heteroatoms. The van der Waals surface area contributed by atoms with Crippen molar-refractivity contribution >= 4 is 21.5 Å². The maximum absolute atomic E-state index is 11.8. The van der Waals surface area contributed by atoms with Crippen LogP contribution in [0.15, 0.2) is 29.2 Å². The van der Waals surface area contributed by atoms with Crippen molar-refractivity contribution in [3.8, 4) is 0 Å². The molecule has 0 atom stereocenters. The van der Waals surface area contributed by atoms with Crippen molar-refractivity contribution in [3.63, 3.8) is 0 Å². The maximum atomic E-state index is 11.8. The van der Waals surface area contributed by atoms with Gasteiger partial charge in [-0.05, 0) is 37.6 Å². The molecule has 0 bridgehead atoms. The Morgan fingerprint density at radius 3 is 2.40 bits per heavy atom. The number of rotatable bonds is 8. The number of anilines is 1. The van der Waals surface area contributed by atoms with Crippen molar-refractivity contribution in [3.05, 3.63) is 24.3 Å². The minimum absolute atomic E-state index is 0.155. The molecule has 0 aliphatic carbocycles. The van der Waals surface area contributed by atoms with Crippen LogP contribution in [-0.2, 0) is 19.4 Å². The predicted molar refractivity (Wildman–Crippen MR) is 78.5 cm³/mol. The van der Waals surface area contributed by atoms with Gasteiger partial charge in [0.1, 0.15) is 0 Å². The van der Waals surface area contributed by atoms with E-state index in [9.17, 15) is 13.2 Å². The molecule has 1 N–H and O–H groups in total. The molecule has 0 radical (unpaired) electrons. The summed E-state index contributed by atoms with van der Waals surface area (Å²) in [5.41, 5.74) is 0.782. The summed E-state index contributed by atoms with van der Waals surface area (Å²) in [5, 5.41) is 3.05. The Hall–Kier alpha value is -1.56. The molecule has 1 aromatic carbocycles. The molecule has 0 saturated carbocycles. The Bertz CT molecular complexity index is 523. The van der Waals surface area contributed by atoms with E-state index in [0.717, 1.165) is 5.69 Å². The largest absolute Gasteiger partial charge is 0.466 e. The number of ether oxygens (including phenoxy) is 1. The zero-order valence-corrected chi connectivity index (χ0v) is 12.7. The standard InChI is InChI=1S/C14H21NO4S/c1-3-11-20(17,18)13-7-5-12(6-8-13)15-10-9-14(16)19-4-2/h5-8,15H,3-4,9-11H2,1-2H3. The van der Waals surface area contributed by atoms with Crippen LogP contribution in [0.1, 0.15) is 26.7 Å². The van der Waals surface area contributed by atoms with Gasteiger partial charge in [0.05, 0.1) is 23.7 Å². The zero-order valence-electron chi connectivity index (χ0n) is 11.9.